The normalized spacial score (nSPS) is 11.8. The van der Waals surface area contributed by atoms with Crippen LogP contribution < -0.4 is 10.6 Å². The first-order valence-electron chi connectivity index (χ1n) is 6.10. The van der Waals surface area contributed by atoms with Gasteiger partial charge < -0.3 is 15.4 Å². The van der Waals surface area contributed by atoms with Gasteiger partial charge in [-0.15, -0.1) is 0 Å². The highest BCUT2D eigenvalue weighted by Gasteiger charge is 2.16. The van der Waals surface area contributed by atoms with E-state index in [4.69, 9.17) is 4.74 Å². The van der Waals surface area contributed by atoms with Crippen LogP contribution in [0.3, 0.4) is 0 Å². The zero-order chi connectivity index (χ0) is 15.1. The van der Waals surface area contributed by atoms with Crippen molar-refractivity contribution in [2.75, 3.05) is 25.6 Å². The molecule has 1 atom stereocenters. The van der Waals surface area contributed by atoms with Crippen molar-refractivity contribution in [3.8, 4) is 0 Å². The molecule has 0 aliphatic rings. The molecule has 0 aliphatic heterocycles. The molecule has 1 aromatic rings. The molecule has 0 radical (unpaired) electrons. The Labute approximate surface area is 116 Å². The third kappa shape index (κ3) is 4.47. The second-order valence-electron chi connectivity index (χ2n) is 4.26. The summed E-state index contributed by atoms with van der Waals surface area (Å²) in [5.41, 5.74) is 0.437. The molecule has 20 heavy (non-hydrogen) atoms. The predicted molar refractivity (Wildman–Crippen MR) is 73.6 cm³/mol. The summed E-state index contributed by atoms with van der Waals surface area (Å²) in [4.78, 5) is 26.1. The Bertz CT molecular complexity index is 492. The number of anilines is 1. The van der Waals surface area contributed by atoms with Crippen LogP contribution in [-0.4, -0.2) is 42.1 Å². The number of aromatic nitrogens is 1. The number of rotatable bonds is 7. The van der Waals surface area contributed by atoms with Crippen LogP contribution >= 0.6 is 0 Å². The average molecular weight is 282 g/mol. The standard InChI is InChI=1S/C12H18N4O4/c1-8-7-14-11(6-10(8)16(18)19)15-9(2)12(17)13-4-5-20-3/h6-7,9H,4-5H2,1-3H3,(H,13,17)(H,14,15). The molecule has 1 rings (SSSR count). The maximum Gasteiger partial charge on any atom is 0.277 e. The Balaban J connectivity index is 2.66. The van der Waals surface area contributed by atoms with Gasteiger partial charge in [-0.2, -0.15) is 0 Å². The minimum Gasteiger partial charge on any atom is -0.383 e. The molecule has 0 bridgehead atoms. The first-order chi connectivity index (χ1) is 9.45. The Morgan fingerprint density at radius 1 is 1.60 bits per heavy atom. The van der Waals surface area contributed by atoms with Crippen molar-refractivity contribution in [1.29, 1.82) is 0 Å². The van der Waals surface area contributed by atoms with Gasteiger partial charge in [-0.05, 0) is 13.8 Å². The van der Waals surface area contributed by atoms with Crippen LogP contribution in [0.5, 0.6) is 0 Å². The smallest absolute Gasteiger partial charge is 0.277 e. The number of nitro groups is 1. The SMILES string of the molecule is COCCNC(=O)C(C)Nc1cc([N+](=O)[O-])c(C)cn1. The molecule has 1 aromatic heterocycles. The van der Waals surface area contributed by atoms with Crippen molar-refractivity contribution in [3.05, 3.63) is 27.9 Å². The van der Waals surface area contributed by atoms with Crippen LogP contribution in [-0.2, 0) is 9.53 Å². The minimum atomic E-state index is -0.554. The van der Waals surface area contributed by atoms with Gasteiger partial charge in [0.2, 0.25) is 5.91 Å². The quantitative estimate of drug-likeness (QED) is 0.436. The number of ether oxygens (including phenoxy) is 1. The van der Waals surface area contributed by atoms with Gasteiger partial charge >= 0.3 is 0 Å². The topological polar surface area (TPSA) is 106 Å². The van der Waals surface area contributed by atoms with Crippen LogP contribution in [0.1, 0.15) is 12.5 Å². The van der Waals surface area contributed by atoms with Crippen molar-refractivity contribution in [3.63, 3.8) is 0 Å². The lowest BCUT2D eigenvalue weighted by Gasteiger charge is -2.14. The summed E-state index contributed by atoms with van der Waals surface area (Å²) in [5, 5.41) is 16.3. The van der Waals surface area contributed by atoms with Crippen LogP contribution in [0.2, 0.25) is 0 Å². The average Bonchev–Trinajstić information content (AvgIpc) is 2.40. The van der Waals surface area contributed by atoms with Gasteiger partial charge in [0, 0.05) is 25.4 Å². The van der Waals surface area contributed by atoms with Crippen molar-refractivity contribution >= 4 is 17.4 Å². The molecule has 0 spiro atoms. The molecule has 0 saturated heterocycles. The number of aryl methyl sites for hydroxylation is 1. The maximum atomic E-state index is 11.7. The maximum absolute atomic E-state index is 11.7. The number of nitrogens with one attached hydrogen (secondary N) is 2. The molecule has 0 fully saturated rings. The van der Waals surface area contributed by atoms with E-state index in [-0.39, 0.29) is 17.4 Å². The Morgan fingerprint density at radius 2 is 2.30 bits per heavy atom. The predicted octanol–water partition coefficient (Wildman–Crippen LogP) is 0.861. The number of methoxy groups -OCH3 is 1. The molecule has 0 saturated carbocycles. The summed E-state index contributed by atoms with van der Waals surface area (Å²) in [7, 11) is 1.54. The van der Waals surface area contributed by atoms with E-state index in [0.717, 1.165) is 0 Å². The number of pyridine rings is 1. The van der Waals surface area contributed by atoms with Crippen LogP contribution in [0.15, 0.2) is 12.3 Å². The second kappa shape index (κ2) is 7.39. The number of hydrogen-bond acceptors (Lipinski definition) is 6. The van der Waals surface area contributed by atoms with Gasteiger partial charge in [-0.1, -0.05) is 0 Å². The summed E-state index contributed by atoms with van der Waals surface area (Å²) in [6.07, 6.45) is 1.40. The van der Waals surface area contributed by atoms with E-state index in [1.54, 1.807) is 21.0 Å². The van der Waals surface area contributed by atoms with E-state index in [0.29, 0.717) is 18.7 Å². The highest BCUT2D eigenvalue weighted by atomic mass is 16.6. The van der Waals surface area contributed by atoms with Crippen molar-refractivity contribution in [2.24, 2.45) is 0 Å². The highest BCUT2D eigenvalue weighted by Crippen LogP contribution is 2.20. The molecule has 1 unspecified atom stereocenters. The summed E-state index contributed by atoms with van der Waals surface area (Å²) in [6, 6.07) is 0.760. The summed E-state index contributed by atoms with van der Waals surface area (Å²) in [6.45, 7) is 4.08. The van der Waals surface area contributed by atoms with E-state index < -0.39 is 11.0 Å². The lowest BCUT2D eigenvalue weighted by atomic mass is 10.2. The highest BCUT2D eigenvalue weighted by molar-refractivity contribution is 5.83. The molecular weight excluding hydrogens is 264 g/mol. The molecule has 110 valence electrons. The molecule has 0 aliphatic carbocycles. The van der Waals surface area contributed by atoms with Crippen LogP contribution in [0.25, 0.3) is 0 Å². The van der Waals surface area contributed by atoms with E-state index in [1.165, 1.54) is 12.3 Å². The van der Waals surface area contributed by atoms with Crippen LogP contribution in [0.4, 0.5) is 11.5 Å². The first kappa shape index (κ1) is 15.8. The molecular formula is C12H18N4O4. The van der Waals surface area contributed by atoms with E-state index >= 15 is 0 Å². The molecule has 1 amide bonds. The molecule has 2 N–H and O–H groups in total. The summed E-state index contributed by atoms with van der Waals surface area (Å²) >= 11 is 0. The molecule has 8 heteroatoms. The zero-order valence-corrected chi connectivity index (χ0v) is 11.7. The van der Waals surface area contributed by atoms with Crippen molar-refractivity contribution in [1.82, 2.24) is 10.3 Å². The van der Waals surface area contributed by atoms with Crippen molar-refractivity contribution < 1.29 is 14.5 Å². The van der Waals surface area contributed by atoms with Gasteiger partial charge in [0.05, 0.1) is 17.6 Å². The Kier molecular flexibility index (Phi) is 5.85. The zero-order valence-electron chi connectivity index (χ0n) is 11.7. The monoisotopic (exact) mass is 282 g/mol. The molecule has 1 heterocycles. The van der Waals surface area contributed by atoms with Gasteiger partial charge in [0.1, 0.15) is 11.9 Å². The van der Waals surface area contributed by atoms with E-state index in [2.05, 4.69) is 15.6 Å². The Morgan fingerprint density at radius 3 is 2.90 bits per heavy atom. The molecule has 8 nitrogen and oxygen atoms in total. The lowest BCUT2D eigenvalue weighted by molar-refractivity contribution is -0.385. The van der Waals surface area contributed by atoms with Crippen molar-refractivity contribution in [2.45, 2.75) is 19.9 Å². The fourth-order valence-corrected chi connectivity index (χ4v) is 1.51. The second-order valence-corrected chi connectivity index (χ2v) is 4.26. The van der Waals surface area contributed by atoms with Gasteiger partial charge in [-0.3, -0.25) is 14.9 Å². The number of nitrogens with zero attached hydrogens (tertiary/aromatic N) is 2. The summed E-state index contributed by atoms with van der Waals surface area (Å²) < 4.78 is 4.82. The van der Waals surface area contributed by atoms with E-state index in [1.807, 2.05) is 0 Å². The van der Waals surface area contributed by atoms with Crippen LogP contribution in [0, 0.1) is 17.0 Å². The van der Waals surface area contributed by atoms with E-state index in [9.17, 15) is 14.9 Å². The third-order valence-electron chi connectivity index (χ3n) is 2.63. The lowest BCUT2D eigenvalue weighted by Crippen LogP contribution is -2.39. The fourth-order valence-electron chi connectivity index (χ4n) is 1.51. The first-order valence-corrected chi connectivity index (χ1v) is 6.10. The van der Waals surface area contributed by atoms with Gasteiger partial charge in [0.15, 0.2) is 0 Å². The largest absolute Gasteiger partial charge is 0.383 e. The van der Waals surface area contributed by atoms with Gasteiger partial charge in [0.25, 0.3) is 5.69 Å². The number of amides is 1. The molecule has 0 aromatic carbocycles. The number of carbonyl (C=O) groups is 1. The Hall–Kier alpha value is -2.22. The third-order valence-corrected chi connectivity index (χ3v) is 2.63. The minimum absolute atomic E-state index is 0.0329. The fraction of sp³-hybridized carbons (Fsp3) is 0.500. The van der Waals surface area contributed by atoms with Gasteiger partial charge in [-0.25, -0.2) is 4.98 Å². The number of hydrogen-bond donors (Lipinski definition) is 2. The summed E-state index contributed by atoms with van der Waals surface area (Å²) in [5.74, 6) is 0.0590. The number of carbonyl (C=O) groups excluding carboxylic acids is 1.